The van der Waals surface area contributed by atoms with Crippen LogP contribution in [0.4, 0.5) is 0 Å². The van der Waals surface area contributed by atoms with Gasteiger partial charge in [0.05, 0.1) is 0 Å². The summed E-state index contributed by atoms with van der Waals surface area (Å²) in [7, 11) is 0. The molecule has 0 aliphatic heterocycles. The Kier molecular flexibility index (Phi) is 15.0. The van der Waals surface area contributed by atoms with E-state index < -0.39 is 0 Å². The predicted molar refractivity (Wildman–Crippen MR) is 122 cm³/mol. The van der Waals surface area contributed by atoms with Gasteiger partial charge in [-0.05, 0) is 54.3 Å². The molecule has 0 heterocycles. The Balaban J connectivity index is 4.68. The third kappa shape index (κ3) is 11.0. The Labute approximate surface area is 168 Å². The van der Waals surface area contributed by atoms with E-state index in [9.17, 15) is 0 Å². The monoisotopic (exact) mass is 366 g/mol. The zero-order chi connectivity index (χ0) is 20.1. The van der Waals surface area contributed by atoms with Gasteiger partial charge in [0, 0.05) is 0 Å². The van der Waals surface area contributed by atoms with Crippen molar-refractivity contribution in [1.82, 2.24) is 0 Å². The lowest BCUT2D eigenvalue weighted by Gasteiger charge is -2.31. The van der Waals surface area contributed by atoms with Crippen LogP contribution in [0.15, 0.2) is 0 Å². The van der Waals surface area contributed by atoms with E-state index >= 15 is 0 Å². The van der Waals surface area contributed by atoms with Gasteiger partial charge in [-0.3, -0.25) is 0 Å². The first-order chi connectivity index (χ1) is 12.3. The van der Waals surface area contributed by atoms with Crippen LogP contribution in [0.1, 0.15) is 127 Å². The molecular formula is C26H54. The molecule has 0 spiro atoms. The summed E-state index contributed by atoms with van der Waals surface area (Å²) >= 11 is 0. The second-order valence-electron chi connectivity index (χ2n) is 10.3. The van der Waals surface area contributed by atoms with E-state index in [0.29, 0.717) is 0 Å². The molecule has 0 aromatic heterocycles. The van der Waals surface area contributed by atoms with Crippen molar-refractivity contribution in [3.8, 4) is 0 Å². The summed E-state index contributed by atoms with van der Waals surface area (Å²) in [6.45, 7) is 21.9. The fraction of sp³-hybridized carbons (Fsp3) is 1.00. The topological polar surface area (TPSA) is 0 Å². The van der Waals surface area contributed by atoms with Gasteiger partial charge in [-0.15, -0.1) is 0 Å². The van der Waals surface area contributed by atoms with Crippen LogP contribution in [0, 0.1) is 41.4 Å². The summed E-state index contributed by atoms with van der Waals surface area (Å²) in [5, 5.41) is 0. The van der Waals surface area contributed by atoms with Gasteiger partial charge in [-0.1, -0.05) is 114 Å². The molecule has 0 saturated carbocycles. The van der Waals surface area contributed by atoms with Gasteiger partial charge in [0.25, 0.3) is 0 Å². The van der Waals surface area contributed by atoms with Crippen LogP contribution in [-0.2, 0) is 0 Å². The van der Waals surface area contributed by atoms with Crippen LogP contribution in [0.3, 0.4) is 0 Å². The molecule has 0 fully saturated rings. The molecule has 5 atom stereocenters. The number of hydrogen-bond donors (Lipinski definition) is 0. The minimum absolute atomic E-state index is 0.842. The average Bonchev–Trinajstić information content (AvgIpc) is 2.56. The lowest BCUT2D eigenvalue weighted by molar-refractivity contribution is 0.194. The van der Waals surface area contributed by atoms with Crippen LogP contribution in [0.5, 0.6) is 0 Å². The maximum Gasteiger partial charge on any atom is -0.0365 e. The van der Waals surface area contributed by atoms with Gasteiger partial charge in [0.15, 0.2) is 0 Å². The molecule has 0 aromatic rings. The van der Waals surface area contributed by atoms with E-state index in [1.807, 2.05) is 0 Å². The van der Waals surface area contributed by atoms with Crippen LogP contribution in [-0.4, -0.2) is 0 Å². The number of rotatable bonds is 16. The summed E-state index contributed by atoms with van der Waals surface area (Å²) in [6.07, 6.45) is 14.2. The first-order valence-corrected chi connectivity index (χ1v) is 12.3. The standard InChI is InChI=1S/C26H54/c1-10-14-22(8)19-24(12-3)25(18-20(4)5)17-13-16-23(9)26(15-11-2)21(6)7/h20-26H,10-19H2,1-9H3. The molecule has 0 aromatic carbocycles. The Morgan fingerprint density at radius 2 is 1.23 bits per heavy atom. The van der Waals surface area contributed by atoms with Crippen molar-refractivity contribution in [1.29, 1.82) is 0 Å². The predicted octanol–water partition coefficient (Wildman–Crippen LogP) is 9.38. The second-order valence-corrected chi connectivity index (χ2v) is 10.3. The molecule has 0 radical (unpaired) electrons. The molecule has 0 nitrogen and oxygen atoms in total. The van der Waals surface area contributed by atoms with Gasteiger partial charge in [-0.2, -0.15) is 0 Å². The SMILES string of the molecule is CCCC(C)CC(CC)C(CCCC(C)C(CCC)C(C)C)CC(C)C. The van der Waals surface area contributed by atoms with E-state index in [1.54, 1.807) is 0 Å². The van der Waals surface area contributed by atoms with Crippen molar-refractivity contribution in [3.05, 3.63) is 0 Å². The maximum absolute atomic E-state index is 2.53. The molecule has 5 unspecified atom stereocenters. The van der Waals surface area contributed by atoms with Gasteiger partial charge < -0.3 is 0 Å². The molecule has 26 heavy (non-hydrogen) atoms. The third-order valence-corrected chi connectivity index (χ3v) is 6.90. The average molecular weight is 367 g/mol. The van der Waals surface area contributed by atoms with Crippen molar-refractivity contribution in [2.24, 2.45) is 41.4 Å². The summed E-state index contributed by atoms with van der Waals surface area (Å²) < 4.78 is 0. The highest BCUT2D eigenvalue weighted by molar-refractivity contribution is 4.75. The lowest BCUT2D eigenvalue weighted by Crippen LogP contribution is -2.21. The summed E-state index contributed by atoms with van der Waals surface area (Å²) in [6, 6.07) is 0. The molecule has 0 N–H and O–H groups in total. The van der Waals surface area contributed by atoms with Crippen LogP contribution in [0.2, 0.25) is 0 Å². The molecule has 0 saturated heterocycles. The van der Waals surface area contributed by atoms with Crippen LogP contribution in [0.25, 0.3) is 0 Å². The Morgan fingerprint density at radius 3 is 1.69 bits per heavy atom. The zero-order valence-corrected chi connectivity index (χ0v) is 20.1. The maximum atomic E-state index is 2.53. The first kappa shape index (κ1) is 26.0. The summed E-state index contributed by atoms with van der Waals surface area (Å²) in [5.41, 5.74) is 0. The second kappa shape index (κ2) is 15.0. The minimum atomic E-state index is 0.842. The van der Waals surface area contributed by atoms with Crippen molar-refractivity contribution in [2.45, 2.75) is 127 Å². The molecule has 158 valence electrons. The van der Waals surface area contributed by atoms with E-state index in [1.165, 1.54) is 64.2 Å². The van der Waals surface area contributed by atoms with E-state index in [2.05, 4.69) is 62.3 Å². The molecule has 0 aliphatic carbocycles. The van der Waals surface area contributed by atoms with Crippen LogP contribution < -0.4 is 0 Å². The quantitative estimate of drug-likeness (QED) is 0.255. The normalized spacial score (nSPS) is 18.1. The van der Waals surface area contributed by atoms with Crippen molar-refractivity contribution >= 4 is 0 Å². The molecular weight excluding hydrogens is 312 g/mol. The minimum Gasteiger partial charge on any atom is -0.0654 e. The fourth-order valence-electron chi connectivity index (χ4n) is 5.50. The summed E-state index contributed by atoms with van der Waals surface area (Å²) in [5.74, 6) is 6.32. The third-order valence-electron chi connectivity index (χ3n) is 6.90. The fourth-order valence-corrected chi connectivity index (χ4v) is 5.50. The lowest BCUT2D eigenvalue weighted by atomic mass is 9.74. The Bertz CT molecular complexity index is 303. The van der Waals surface area contributed by atoms with Gasteiger partial charge in [0.1, 0.15) is 0 Å². The molecule has 0 heteroatoms. The van der Waals surface area contributed by atoms with E-state index in [0.717, 1.165) is 41.4 Å². The molecule has 0 aliphatic rings. The van der Waals surface area contributed by atoms with E-state index in [-0.39, 0.29) is 0 Å². The molecule has 0 bridgehead atoms. The highest BCUT2D eigenvalue weighted by Crippen LogP contribution is 2.35. The number of hydrogen-bond acceptors (Lipinski definition) is 0. The van der Waals surface area contributed by atoms with Gasteiger partial charge in [-0.25, -0.2) is 0 Å². The summed E-state index contributed by atoms with van der Waals surface area (Å²) in [4.78, 5) is 0. The highest BCUT2D eigenvalue weighted by Gasteiger charge is 2.24. The van der Waals surface area contributed by atoms with Gasteiger partial charge >= 0.3 is 0 Å². The van der Waals surface area contributed by atoms with Gasteiger partial charge in [0.2, 0.25) is 0 Å². The highest BCUT2D eigenvalue weighted by atomic mass is 14.3. The Morgan fingerprint density at radius 1 is 0.615 bits per heavy atom. The van der Waals surface area contributed by atoms with Crippen LogP contribution >= 0.6 is 0 Å². The van der Waals surface area contributed by atoms with Crippen molar-refractivity contribution < 1.29 is 0 Å². The van der Waals surface area contributed by atoms with E-state index in [4.69, 9.17) is 0 Å². The molecule has 0 amide bonds. The Hall–Kier alpha value is 0. The zero-order valence-electron chi connectivity index (χ0n) is 20.1. The first-order valence-electron chi connectivity index (χ1n) is 12.3. The van der Waals surface area contributed by atoms with Crippen molar-refractivity contribution in [3.63, 3.8) is 0 Å². The largest absolute Gasteiger partial charge is 0.0654 e. The molecule has 0 rings (SSSR count). The smallest absolute Gasteiger partial charge is 0.0365 e. The van der Waals surface area contributed by atoms with Crippen molar-refractivity contribution in [2.75, 3.05) is 0 Å².